The Labute approximate surface area is 143 Å². The Hall–Kier alpha value is -2.11. The van der Waals surface area contributed by atoms with Crippen LogP contribution in [0.2, 0.25) is 0 Å². The maximum atomic E-state index is 12.6. The van der Waals surface area contributed by atoms with E-state index in [0.29, 0.717) is 19.6 Å². The van der Waals surface area contributed by atoms with E-state index in [1.165, 1.54) is 0 Å². The Morgan fingerprint density at radius 1 is 1.08 bits per heavy atom. The highest BCUT2D eigenvalue weighted by molar-refractivity contribution is 5.80. The molecule has 6 nitrogen and oxygen atoms in total. The number of rotatable bonds is 3. The number of hydrogen-bond donors (Lipinski definition) is 0. The molecule has 2 amide bonds. The Kier molecular flexibility index (Phi) is 5.02. The molecule has 6 heteroatoms. The molecule has 0 N–H and O–H groups in total. The molecule has 0 aromatic carbocycles. The topological polar surface area (TPSA) is 58.4 Å². The molecule has 1 aromatic rings. The van der Waals surface area contributed by atoms with E-state index in [4.69, 9.17) is 0 Å². The quantitative estimate of drug-likeness (QED) is 0.790. The van der Waals surface area contributed by atoms with Gasteiger partial charge in [-0.05, 0) is 39.2 Å². The first-order valence-electron chi connectivity index (χ1n) is 8.77. The molecule has 1 saturated heterocycles. The Balaban J connectivity index is 1.55. The van der Waals surface area contributed by atoms with E-state index in [-0.39, 0.29) is 24.3 Å². The van der Waals surface area contributed by atoms with Crippen molar-refractivity contribution in [2.75, 3.05) is 26.2 Å². The van der Waals surface area contributed by atoms with Crippen molar-refractivity contribution in [2.24, 2.45) is 5.92 Å². The van der Waals surface area contributed by atoms with Crippen LogP contribution in [0, 0.1) is 19.8 Å². The van der Waals surface area contributed by atoms with Gasteiger partial charge in [0.05, 0.1) is 5.69 Å². The minimum atomic E-state index is 0.0815. The average molecular weight is 330 g/mol. The van der Waals surface area contributed by atoms with Gasteiger partial charge in [-0.25, -0.2) is 0 Å². The summed E-state index contributed by atoms with van der Waals surface area (Å²) < 4.78 is 1.76. The van der Waals surface area contributed by atoms with Crippen LogP contribution in [0.25, 0.3) is 0 Å². The lowest BCUT2D eigenvalue weighted by Crippen LogP contribution is -2.40. The van der Waals surface area contributed by atoms with Crippen LogP contribution in [0.15, 0.2) is 18.2 Å². The molecule has 130 valence electrons. The number of carbonyl (C=O) groups excluding carboxylic acids is 2. The predicted octanol–water partition coefficient (Wildman–Crippen LogP) is 1.53. The number of hydrogen-bond acceptors (Lipinski definition) is 3. The summed E-state index contributed by atoms with van der Waals surface area (Å²) in [6, 6.07) is 1.98. The first-order valence-corrected chi connectivity index (χ1v) is 8.77. The Morgan fingerprint density at radius 2 is 1.75 bits per heavy atom. The van der Waals surface area contributed by atoms with Crippen molar-refractivity contribution >= 4 is 11.8 Å². The minimum absolute atomic E-state index is 0.0815. The van der Waals surface area contributed by atoms with Gasteiger partial charge < -0.3 is 9.80 Å². The number of aromatic nitrogens is 2. The molecule has 2 heterocycles. The lowest BCUT2D eigenvalue weighted by molar-refractivity contribution is -0.136. The summed E-state index contributed by atoms with van der Waals surface area (Å²) in [6.07, 6.45) is 6.73. The van der Waals surface area contributed by atoms with E-state index >= 15 is 0 Å². The zero-order valence-electron chi connectivity index (χ0n) is 14.6. The van der Waals surface area contributed by atoms with E-state index in [9.17, 15) is 9.59 Å². The summed E-state index contributed by atoms with van der Waals surface area (Å²) in [5.41, 5.74) is 1.93. The van der Waals surface area contributed by atoms with Crippen molar-refractivity contribution in [1.29, 1.82) is 0 Å². The predicted molar refractivity (Wildman–Crippen MR) is 91.3 cm³/mol. The summed E-state index contributed by atoms with van der Waals surface area (Å²) in [4.78, 5) is 28.9. The van der Waals surface area contributed by atoms with Gasteiger partial charge in [0, 0.05) is 37.8 Å². The van der Waals surface area contributed by atoms with Crippen molar-refractivity contribution in [2.45, 2.75) is 39.7 Å². The fourth-order valence-corrected chi connectivity index (χ4v) is 3.53. The molecule has 0 atom stereocenters. The lowest BCUT2D eigenvalue weighted by atomic mass is 10.1. The maximum Gasteiger partial charge on any atom is 0.244 e. The van der Waals surface area contributed by atoms with Gasteiger partial charge in [0.2, 0.25) is 11.8 Å². The van der Waals surface area contributed by atoms with Gasteiger partial charge in [0.15, 0.2) is 0 Å². The SMILES string of the molecule is Cc1cc(C)n(CC(=O)N2CCCN(C(=O)C3CC=CC3)CC2)n1. The van der Waals surface area contributed by atoms with E-state index < -0.39 is 0 Å². The lowest BCUT2D eigenvalue weighted by Gasteiger charge is -2.24. The first kappa shape index (κ1) is 16.7. The molecular formula is C18H26N4O2. The number of carbonyl (C=O) groups is 2. The van der Waals surface area contributed by atoms with Gasteiger partial charge in [0.25, 0.3) is 0 Å². The molecule has 0 unspecified atom stereocenters. The average Bonchev–Trinajstić information content (AvgIpc) is 3.10. The zero-order chi connectivity index (χ0) is 17.1. The van der Waals surface area contributed by atoms with Crippen molar-refractivity contribution < 1.29 is 9.59 Å². The third-order valence-corrected chi connectivity index (χ3v) is 4.91. The van der Waals surface area contributed by atoms with Crippen LogP contribution in [0.3, 0.4) is 0 Å². The van der Waals surface area contributed by atoms with Crippen molar-refractivity contribution in [3.05, 3.63) is 29.6 Å². The van der Waals surface area contributed by atoms with Crippen LogP contribution >= 0.6 is 0 Å². The van der Waals surface area contributed by atoms with E-state index in [2.05, 4.69) is 17.3 Å². The van der Waals surface area contributed by atoms with E-state index in [1.807, 2.05) is 29.7 Å². The normalized spacial score (nSPS) is 18.9. The highest BCUT2D eigenvalue weighted by Gasteiger charge is 2.27. The second-order valence-electron chi connectivity index (χ2n) is 6.78. The number of aryl methyl sites for hydroxylation is 2. The molecule has 1 aliphatic carbocycles. The summed E-state index contributed by atoms with van der Waals surface area (Å²) >= 11 is 0. The van der Waals surface area contributed by atoms with Crippen molar-refractivity contribution in [3.63, 3.8) is 0 Å². The van der Waals surface area contributed by atoms with Gasteiger partial charge in [-0.3, -0.25) is 14.3 Å². The van der Waals surface area contributed by atoms with E-state index in [1.54, 1.807) is 4.68 Å². The second-order valence-corrected chi connectivity index (χ2v) is 6.78. The third kappa shape index (κ3) is 3.68. The van der Waals surface area contributed by atoms with Crippen molar-refractivity contribution in [1.82, 2.24) is 19.6 Å². The second kappa shape index (κ2) is 7.20. The van der Waals surface area contributed by atoms with Gasteiger partial charge in [0.1, 0.15) is 6.54 Å². The summed E-state index contributed by atoms with van der Waals surface area (Å²) in [6.45, 7) is 6.89. The molecule has 24 heavy (non-hydrogen) atoms. The number of amides is 2. The van der Waals surface area contributed by atoms with Crippen molar-refractivity contribution in [3.8, 4) is 0 Å². The zero-order valence-corrected chi connectivity index (χ0v) is 14.6. The molecule has 0 bridgehead atoms. The number of allylic oxidation sites excluding steroid dienone is 2. The summed E-state index contributed by atoms with van der Waals surface area (Å²) in [7, 11) is 0. The molecule has 1 fully saturated rings. The largest absolute Gasteiger partial charge is 0.341 e. The Bertz CT molecular complexity index is 641. The van der Waals surface area contributed by atoms with E-state index in [0.717, 1.165) is 37.2 Å². The number of nitrogens with zero attached hydrogens (tertiary/aromatic N) is 4. The van der Waals surface area contributed by atoms with Crippen LogP contribution in [0.1, 0.15) is 30.7 Å². The van der Waals surface area contributed by atoms with Crippen LogP contribution < -0.4 is 0 Å². The summed E-state index contributed by atoms with van der Waals surface area (Å²) in [5, 5.41) is 4.36. The van der Waals surface area contributed by atoms with Gasteiger partial charge in [-0.2, -0.15) is 5.10 Å². The molecule has 0 radical (unpaired) electrons. The fourth-order valence-electron chi connectivity index (χ4n) is 3.53. The smallest absolute Gasteiger partial charge is 0.244 e. The Morgan fingerprint density at radius 3 is 2.42 bits per heavy atom. The minimum Gasteiger partial charge on any atom is -0.341 e. The van der Waals surface area contributed by atoms with Crippen LogP contribution in [0.5, 0.6) is 0 Å². The van der Waals surface area contributed by atoms with Crippen LogP contribution in [-0.4, -0.2) is 57.6 Å². The highest BCUT2D eigenvalue weighted by atomic mass is 16.2. The van der Waals surface area contributed by atoms with Gasteiger partial charge >= 0.3 is 0 Å². The monoisotopic (exact) mass is 330 g/mol. The van der Waals surface area contributed by atoms with Gasteiger partial charge in [-0.15, -0.1) is 0 Å². The third-order valence-electron chi connectivity index (χ3n) is 4.91. The van der Waals surface area contributed by atoms with Crippen LogP contribution in [-0.2, 0) is 16.1 Å². The molecule has 0 saturated carbocycles. The highest BCUT2D eigenvalue weighted by Crippen LogP contribution is 2.21. The molecule has 0 spiro atoms. The summed E-state index contributed by atoms with van der Waals surface area (Å²) in [5.74, 6) is 0.438. The molecule has 3 rings (SSSR count). The first-order chi connectivity index (χ1) is 11.5. The molecule has 2 aliphatic rings. The standard InChI is InChI=1S/C18H26N4O2/c1-14-12-15(2)22(19-14)13-17(23)20-8-5-9-21(11-10-20)18(24)16-6-3-4-7-16/h3-4,12,16H,5-11,13H2,1-2H3. The van der Waals surface area contributed by atoms with Gasteiger partial charge in [-0.1, -0.05) is 12.2 Å². The molecular weight excluding hydrogens is 304 g/mol. The molecule has 1 aromatic heterocycles. The fraction of sp³-hybridized carbons (Fsp3) is 0.611. The maximum absolute atomic E-state index is 12.6. The van der Waals surface area contributed by atoms with Crippen LogP contribution in [0.4, 0.5) is 0 Å². The molecule has 1 aliphatic heterocycles.